The molecule has 0 unspecified atom stereocenters. The molecule has 0 aliphatic heterocycles. The third kappa shape index (κ3) is 1.42. The van der Waals surface area contributed by atoms with Crippen molar-refractivity contribution in [3.8, 4) is 11.8 Å². The molecule has 0 aliphatic carbocycles. The highest BCUT2D eigenvalue weighted by atomic mass is 16.5. The number of carboxylic acids is 1. The predicted molar refractivity (Wildman–Crippen MR) is 53.1 cm³/mol. The normalized spacial score (nSPS) is 10.4. The molecule has 0 fully saturated rings. The van der Waals surface area contributed by atoms with Gasteiger partial charge in [-0.3, -0.25) is 4.40 Å². The number of rotatable bonds is 3. The highest BCUT2D eigenvalue weighted by Crippen LogP contribution is 2.21. The Morgan fingerprint density at radius 3 is 2.75 bits per heavy atom. The lowest BCUT2D eigenvalue weighted by Crippen LogP contribution is -2.04. The van der Waals surface area contributed by atoms with Crippen LogP contribution in [0.25, 0.3) is 5.65 Å². The summed E-state index contributed by atoms with van der Waals surface area (Å²) in [6.07, 6.45) is 2.68. The molecule has 2 aromatic heterocycles. The first kappa shape index (κ1) is 10.2. The highest BCUT2D eigenvalue weighted by Gasteiger charge is 2.15. The largest absolute Gasteiger partial charge is 0.480 e. The van der Waals surface area contributed by atoms with Crippen molar-refractivity contribution in [2.45, 2.75) is 0 Å². The van der Waals surface area contributed by atoms with Crippen LogP contribution in [-0.4, -0.2) is 39.7 Å². The quantitative estimate of drug-likeness (QED) is 0.812. The van der Waals surface area contributed by atoms with Gasteiger partial charge in [-0.1, -0.05) is 0 Å². The van der Waals surface area contributed by atoms with E-state index in [0.29, 0.717) is 5.65 Å². The van der Waals surface area contributed by atoms with Gasteiger partial charge in [0.05, 0.1) is 26.6 Å². The van der Waals surface area contributed by atoms with E-state index in [1.54, 1.807) is 0 Å². The summed E-state index contributed by atoms with van der Waals surface area (Å²) in [5.41, 5.74) is 0.356. The minimum atomic E-state index is -1.08. The van der Waals surface area contributed by atoms with Crippen LogP contribution in [0.2, 0.25) is 0 Å². The lowest BCUT2D eigenvalue weighted by atomic mass is 10.5. The molecule has 7 nitrogen and oxygen atoms in total. The summed E-state index contributed by atoms with van der Waals surface area (Å²) >= 11 is 0. The summed E-state index contributed by atoms with van der Waals surface area (Å²) in [6.45, 7) is 0. The second-order valence-electron chi connectivity index (χ2n) is 2.93. The number of methoxy groups -OCH3 is 2. The number of aromatic nitrogens is 3. The fourth-order valence-corrected chi connectivity index (χ4v) is 1.33. The van der Waals surface area contributed by atoms with Gasteiger partial charge in [0.25, 0.3) is 5.88 Å². The molecule has 2 rings (SSSR count). The van der Waals surface area contributed by atoms with Gasteiger partial charge in [-0.25, -0.2) is 9.78 Å². The van der Waals surface area contributed by atoms with Gasteiger partial charge in [-0.15, -0.1) is 0 Å². The van der Waals surface area contributed by atoms with Gasteiger partial charge >= 0.3 is 5.97 Å². The molecule has 0 radical (unpaired) electrons. The fraction of sp³-hybridized carbons (Fsp3) is 0.222. The number of nitrogens with zero attached hydrogens (tertiary/aromatic N) is 3. The van der Waals surface area contributed by atoms with Crippen LogP contribution in [-0.2, 0) is 0 Å². The van der Waals surface area contributed by atoms with Gasteiger partial charge in [0.15, 0.2) is 5.69 Å². The van der Waals surface area contributed by atoms with E-state index in [1.807, 2.05) is 0 Å². The van der Waals surface area contributed by atoms with Crippen molar-refractivity contribution in [3.05, 3.63) is 18.1 Å². The van der Waals surface area contributed by atoms with Crippen LogP contribution in [0.4, 0.5) is 0 Å². The van der Waals surface area contributed by atoms with Crippen LogP contribution in [0.15, 0.2) is 12.4 Å². The molecule has 1 N–H and O–H groups in total. The van der Waals surface area contributed by atoms with Crippen molar-refractivity contribution >= 4 is 11.6 Å². The number of hydrogen-bond donors (Lipinski definition) is 1. The van der Waals surface area contributed by atoms with Crippen LogP contribution >= 0.6 is 0 Å². The molecule has 0 spiro atoms. The molecule has 0 aliphatic rings. The zero-order chi connectivity index (χ0) is 11.7. The topological polar surface area (TPSA) is 86.0 Å². The number of aromatic carboxylic acids is 1. The van der Waals surface area contributed by atoms with Crippen molar-refractivity contribution in [1.82, 2.24) is 14.4 Å². The van der Waals surface area contributed by atoms with Gasteiger partial charge in [0.2, 0.25) is 11.5 Å². The van der Waals surface area contributed by atoms with Crippen LogP contribution in [0.5, 0.6) is 11.8 Å². The SMILES string of the molecule is COc1cn2c(C(=O)O)cnc2c(OC)n1. The predicted octanol–water partition coefficient (Wildman–Crippen LogP) is 0.445. The number of ether oxygens (including phenoxy) is 2. The standard InChI is InChI=1S/C9H9N3O4/c1-15-6-4-12-5(9(13)14)3-10-7(12)8(11-6)16-2/h3-4H,1-2H3,(H,13,14). The first-order valence-corrected chi connectivity index (χ1v) is 4.36. The second kappa shape index (κ2) is 3.69. The van der Waals surface area contributed by atoms with E-state index in [4.69, 9.17) is 14.6 Å². The van der Waals surface area contributed by atoms with E-state index in [9.17, 15) is 4.79 Å². The molecule has 0 saturated carbocycles. The number of hydrogen-bond acceptors (Lipinski definition) is 5. The van der Waals surface area contributed by atoms with E-state index < -0.39 is 5.97 Å². The van der Waals surface area contributed by atoms with Crippen molar-refractivity contribution in [1.29, 1.82) is 0 Å². The van der Waals surface area contributed by atoms with Crippen molar-refractivity contribution in [2.75, 3.05) is 14.2 Å². The molecular weight excluding hydrogens is 214 g/mol. The van der Waals surface area contributed by atoms with Crippen LogP contribution in [0.3, 0.4) is 0 Å². The lowest BCUT2D eigenvalue weighted by molar-refractivity contribution is 0.0689. The second-order valence-corrected chi connectivity index (χ2v) is 2.93. The summed E-state index contributed by atoms with van der Waals surface area (Å²) in [6, 6.07) is 0. The Hall–Kier alpha value is -2.31. The average Bonchev–Trinajstić information content (AvgIpc) is 2.71. The lowest BCUT2D eigenvalue weighted by Gasteiger charge is -2.05. The molecule has 2 heterocycles. The maximum Gasteiger partial charge on any atom is 0.354 e. The summed E-state index contributed by atoms with van der Waals surface area (Å²) < 4.78 is 11.3. The minimum absolute atomic E-state index is 0.0222. The molecule has 0 amide bonds. The molecular formula is C9H9N3O4. The van der Waals surface area contributed by atoms with Gasteiger partial charge in [-0.05, 0) is 0 Å². The Kier molecular flexibility index (Phi) is 2.35. The molecule has 0 saturated heterocycles. The van der Waals surface area contributed by atoms with Crippen molar-refractivity contribution in [3.63, 3.8) is 0 Å². The molecule has 84 valence electrons. The third-order valence-corrected chi connectivity index (χ3v) is 2.06. The Morgan fingerprint density at radius 2 is 2.19 bits per heavy atom. The maximum absolute atomic E-state index is 10.9. The molecule has 0 aromatic carbocycles. The summed E-state index contributed by atoms with van der Waals surface area (Å²) in [4.78, 5) is 18.8. The van der Waals surface area contributed by atoms with Crippen molar-refractivity contribution in [2.24, 2.45) is 0 Å². The number of fused-ring (bicyclic) bond motifs is 1. The van der Waals surface area contributed by atoms with Gasteiger partial charge < -0.3 is 14.6 Å². The van der Waals surface area contributed by atoms with E-state index >= 15 is 0 Å². The van der Waals surface area contributed by atoms with E-state index in [1.165, 1.54) is 31.0 Å². The number of carbonyl (C=O) groups is 1. The monoisotopic (exact) mass is 223 g/mol. The minimum Gasteiger partial charge on any atom is -0.480 e. The summed E-state index contributed by atoms with van der Waals surface area (Å²) in [5.74, 6) is -0.612. The Balaban J connectivity index is 2.76. The van der Waals surface area contributed by atoms with Gasteiger partial charge in [0, 0.05) is 0 Å². The summed E-state index contributed by atoms with van der Waals surface area (Å²) in [7, 11) is 2.86. The Morgan fingerprint density at radius 1 is 1.44 bits per heavy atom. The molecule has 2 aromatic rings. The van der Waals surface area contributed by atoms with E-state index in [0.717, 1.165) is 0 Å². The molecule has 0 atom stereocenters. The number of carboxylic acid groups (broad SMARTS) is 1. The highest BCUT2D eigenvalue weighted by molar-refractivity contribution is 5.86. The van der Waals surface area contributed by atoms with Gasteiger partial charge in [-0.2, -0.15) is 4.98 Å². The first-order chi connectivity index (χ1) is 7.67. The zero-order valence-electron chi connectivity index (χ0n) is 8.67. The summed E-state index contributed by atoms with van der Waals surface area (Å²) in [5, 5.41) is 8.94. The maximum atomic E-state index is 10.9. The molecule has 7 heteroatoms. The van der Waals surface area contributed by atoms with E-state index in [-0.39, 0.29) is 17.5 Å². The van der Waals surface area contributed by atoms with Crippen LogP contribution < -0.4 is 9.47 Å². The van der Waals surface area contributed by atoms with Gasteiger partial charge in [0.1, 0.15) is 0 Å². The average molecular weight is 223 g/mol. The Labute approximate surface area is 90.3 Å². The zero-order valence-corrected chi connectivity index (χ0v) is 8.67. The number of imidazole rings is 1. The van der Waals surface area contributed by atoms with E-state index in [2.05, 4.69) is 9.97 Å². The molecule has 0 bridgehead atoms. The van der Waals surface area contributed by atoms with Crippen LogP contribution in [0, 0.1) is 0 Å². The molecule has 16 heavy (non-hydrogen) atoms. The Bertz CT molecular complexity index is 549. The smallest absolute Gasteiger partial charge is 0.354 e. The first-order valence-electron chi connectivity index (χ1n) is 4.36. The third-order valence-electron chi connectivity index (χ3n) is 2.06. The van der Waals surface area contributed by atoms with Crippen LogP contribution in [0.1, 0.15) is 10.5 Å². The fourth-order valence-electron chi connectivity index (χ4n) is 1.33. The van der Waals surface area contributed by atoms with Crippen molar-refractivity contribution < 1.29 is 19.4 Å².